The van der Waals surface area contributed by atoms with Gasteiger partial charge >= 0.3 is 0 Å². The van der Waals surface area contributed by atoms with Gasteiger partial charge in [0.15, 0.2) is 5.11 Å². The summed E-state index contributed by atoms with van der Waals surface area (Å²) in [6.45, 7) is 8.84. The lowest BCUT2D eigenvalue weighted by Crippen LogP contribution is -2.46. The van der Waals surface area contributed by atoms with Crippen LogP contribution in [0.4, 0.5) is 0 Å². The largest absolute Gasteiger partial charge is 0.360 e. The molecule has 1 atom stereocenters. The second-order valence-corrected chi connectivity index (χ2v) is 5.72. The molecule has 0 saturated heterocycles. The van der Waals surface area contributed by atoms with Crippen molar-refractivity contribution in [3.63, 3.8) is 0 Å². The van der Waals surface area contributed by atoms with Crippen molar-refractivity contribution in [2.75, 3.05) is 13.1 Å². The van der Waals surface area contributed by atoms with Crippen LogP contribution in [0.25, 0.3) is 0 Å². The monoisotopic (exact) mass is 256 g/mol. The van der Waals surface area contributed by atoms with Crippen molar-refractivity contribution in [3.05, 3.63) is 0 Å². The van der Waals surface area contributed by atoms with Gasteiger partial charge in [0.05, 0.1) is 0 Å². The Morgan fingerprint density at radius 2 is 1.94 bits per heavy atom. The molecule has 17 heavy (non-hydrogen) atoms. The molecule has 2 nitrogen and oxygen atoms in total. The molecule has 1 saturated carbocycles. The summed E-state index contributed by atoms with van der Waals surface area (Å²) in [5.41, 5.74) is 0. The minimum absolute atomic E-state index is 0.627. The Morgan fingerprint density at radius 1 is 1.29 bits per heavy atom. The first-order chi connectivity index (χ1) is 8.17. The average molecular weight is 256 g/mol. The van der Waals surface area contributed by atoms with Gasteiger partial charge in [-0.2, -0.15) is 0 Å². The van der Waals surface area contributed by atoms with Gasteiger partial charge in [-0.15, -0.1) is 0 Å². The molecule has 1 aliphatic rings. The lowest BCUT2D eigenvalue weighted by molar-refractivity contribution is 0.338. The van der Waals surface area contributed by atoms with Gasteiger partial charge in [-0.3, -0.25) is 0 Å². The molecule has 100 valence electrons. The SMILES string of the molecule is CCC(C)CN(CC)C(=S)NC1CCCCC1. The lowest BCUT2D eigenvalue weighted by atomic mass is 9.96. The third kappa shape index (κ3) is 5.24. The molecule has 1 aliphatic carbocycles. The van der Waals surface area contributed by atoms with E-state index in [0.717, 1.165) is 24.1 Å². The minimum atomic E-state index is 0.627. The van der Waals surface area contributed by atoms with Gasteiger partial charge in [0.25, 0.3) is 0 Å². The van der Waals surface area contributed by atoms with Crippen LogP contribution in [0.1, 0.15) is 59.3 Å². The topological polar surface area (TPSA) is 15.3 Å². The van der Waals surface area contributed by atoms with Crippen LogP contribution >= 0.6 is 12.2 Å². The molecular formula is C14H28N2S. The molecule has 1 unspecified atom stereocenters. The Morgan fingerprint density at radius 3 is 2.47 bits per heavy atom. The van der Waals surface area contributed by atoms with Gasteiger partial charge in [0, 0.05) is 19.1 Å². The number of nitrogens with one attached hydrogen (secondary N) is 1. The van der Waals surface area contributed by atoms with Crippen molar-refractivity contribution in [1.29, 1.82) is 0 Å². The van der Waals surface area contributed by atoms with Crippen LogP contribution in [0.3, 0.4) is 0 Å². The van der Waals surface area contributed by atoms with Crippen molar-refractivity contribution in [2.24, 2.45) is 5.92 Å². The zero-order valence-corrected chi connectivity index (χ0v) is 12.5. The van der Waals surface area contributed by atoms with Crippen LogP contribution in [-0.2, 0) is 0 Å². The first-order valence-corrected chi connectivity index (χ1v) is 7.63. The van der Waals surface area contributed by atoms with Gasteiger partial charge in [-0.25, -0.2) is 0 Å². The number of rotatable bonds is 5. The molecule has 0 radical (unpaired) electrons. The van der Waals surface area contributed by atoms with E-state index in [1.807, 2.05) is 0 Å². The van der Waals surface area contributed by atoms with Crippen molar-refractivity contribution >= 4 is 17.3 Å². The zero-order valence-electron chi connectivity index (χ0n) is 11.7. The fourth-order valence-corrected chi connectivity index (χ4v) is 2.74. The highest BCUT2D eigenvalue weighted by atomic mass is 32.1. The molecule has 1 fully saturated rings. The fourth-order valence-electron chi connectivity index (χ4n) is 2.37. The van der Waals surface area contributed by atoms with Gasteiger partial charge in [0.2, 0.25) is 0 Å². The summed E-state index contributed by atoms with van der Waals surface area (Å²) in [6, 6.07) is 0.627. The number of hydrogen-bond donors (Lipinski definition) is 1. The third-order valence-electron chi connectivity index (χ3n) is 3.83. The first kappa shape index (κ1) is 14.7. The molecule has 0 aromatic heterocycles. The molecule has 0 spiro atoms. The molecular weight excluding hydrogens is 228 g/mol. The molecule has 0 aliphatic heterocycles. The van der Waals surface area contributed by atoms with Crippen LogP contribution in [0.15, 0.2) is 0 Å². The van der Waals surface area contributed by atoms with Crippen molar-refractivity contribution in [3.8, 4) is 0 Å². The Kier molecular flexibility index (Phi) is 6.86. The summed E-state index contributed by atoms with van der Waals surface area (Å²) >= 11 is 5.54. The second kappa shape index (κ2) is 7.91. The van der Waals surface area contributed by atoms with E-state index in [-0.39, 0.29) is 0 Å². The van der Waals surface area contributed by atoms with Gasteiger partial charge in [-0.05, 0) is 37.9 Å². The highest BCUT2D eigenvalue weighted by molar-refractivity contribution is 7.80. The maximum atomic E-state index is 5.54. The van der Waals surface area contributed by atoms with E-state index in [4.69, 9.17) is 12.2 Å². The summed E-state index contributed by atoms with van der Waals surface area (Å²) in [5.74, 6) is 0.723. The predicted molar refractivity (Wildman–Crippen MR) is 79.3 cm³/mol. The molecule has 0 bridgehead atoms. The Hall–Kier alpha value is -0.310. The average Bonchev–Trinajstić information content (AvgIpc) is 2.36. The van der Waals surface area contributed by atoms with Crippen LogP contribution in [-0.4, -0.2) is 29.1 Å². The van der Waals surface area contributed by atoms with E-state index in [1.165, 1.54) is 38.5 Å². The minimum Gasteiger partial charge on any atom is -0.360 e. The van der Waals surface area contributed by atoms with Crippen molar-refractivity contribution < 1.29 is 0 Å². The lowest BCUT2D eigenvalue weighted by Gasteiger charge is -2.31. The van der Waals surface area contributed by atoms with Gasteiger partial charge in [0.1, 0.15) is 0 Å². The van der Waals surface area contributed by atoms with E-state index in [1.54, 1.807) is 0 Å². The maximum absolute atomic E-state index is 5.54. The van der Waals surface area contributed by atoms with E-state index in [9.17, 15) is 0 Å². The van der Waals surface area contributed by atoms with Crippen LogP contribution in [0.2, 0.25) is 0 Å². The molecule has 0 aromatic carbocycles. The third-order valence-corrected chi connectivity index (χ3v) is 4.21. The number of thiocarbonyl (C=S) groups is 1. The molecule has 0 aromatic rings. The highest BCUT2D eigenvalue weighted by Gasteiger charge is 2.17. The first-order valence-electron chi connectivity index (χ1n) is 7.22. The smallest absolute Gasteiger partial charge is 0.169 e. The van der Waals surface area contributed by atoms with Crippen LogP contribution < -0.4 is 5.32 Å². The molecule has 0 amide bonds. The van der Waals surface area contributed by atoms with Gasteiger partial charge in [-0.1, -0.05) is 39.5 Å². The molecule has 3 heteroatoms. The summed E-state index contributed by atoms with van der Waals surface area (Å²) in [4.78, 5) is 2.32. The molecule has 1 N–H and O–H groups in total. The maximum Gasteiger partial charge on any atom is 0.169 e. The Balaban J connectivity index is 2.36. The fraction of sp³-hybridized carbons (Fsp3) is 0.929. The predicted octanol–water partition coefficient (Wildman–Crippen LogP) is 3.56. The standard InChI is InChI=1S/C14H28N2S/c1-4-12(3)11-16(5-2)14(17)15-13-9-7-6-8-10-13/h12-13H,4-11H2,1-3H3,(H,15,17). The van der Waals surface area contributed by atoms with E-state index < -0.39 is 0 Å². The number of hydrogen-bond acceptors (Lipinski definition) is 1. The zero-order chi connectivity index (χ0) is 12.7. The summed E-state index contributed by atoms with van der Waals surface area (Å²) in [5, 5.41) is 4.53. The second-order valence-electron chi connectivity index (χ2n) is 5.34. The quantitative estimate of drug-likeness (QED) is 0.757. The Labute approximate surface area is 112 Å². The van der Waals surface area contributed by atoms with Crippen molar-refractivity contribution in [1.82, 2.24) is 10.2 Å². The van der Waals surface area contributed by atoms with Crippen molar-refractivity contribution in [2.45, 2.75) is 65.3 Å². The van der Waals surface area contributed by atoms with Gasteiger partial charge < -0.3 is 10.2 Å². The van der Waals surface area contributed by atoms with E-state index >= 15 is 0 Å². The summed E-state index contributed by atoms with van der Waals surface area (Å²) in [7, 11) is 0. The van der Waals surface area contributed by atoms with Crippen LogP contribution in [0.5, 0.6) is 0 Å². The number of nitrogens with zero attached hydrogens (tertiary/aromatic N) is 1. The highest BCUT2D eigenvalue weighted by Crippen LogP contribution is 2.17. The summed E-state index contributed by atoms with van der Waals surface area (Å²) in [6.07, 6.45) is 7.93. The van der Waals surface area contributed by atoms with E-state index in [2.05, 4.69) is 31.0 Å². The summed E-state index contributed by atoms with van der Waals surface area (Å²) < 4.78 is 0. The van der Waals surface area contributed by atoms with Crippen LogP contribution in [0, 0.1) is 5.92 Å². The van der Waals surface area contributed by atoms with E-state index in [0.29, 0.717) is 6.04 Å². The normalized spacial score (nSPS) is 18.8. The molecule has 0 heterocycles. The Bertz CT molecular complexity index is 224. The molecule has 1 rings (SSSR count).